The number of aromatic hydroxyl groups is 1. The Hall–Kier alpha value is -1.48. The van der Waals surface area contributed by atoms with Crippen LogP contribution < -0.4 is 0 Å². The van der Waals surface area contributed by atoms with E-state index in [0.717, 1.165) is 36.2 Å². The molecule has 3 rings (SSSR count). The van der Waals surface area contributed by atoms with E-state index in [1.165, 1.54) is 25.7 Å². The van der Waals surface area contributed by atoms with Crippen LogP contribution in [0.5, 0.6) is 5.75 Å². The minimum atomic E-state index is 0.325. The third kappa shape index (κ3) is 2.23. The zero-order valence-electron chi connectivity index (χ0n) is 10.6. The van der Waals surface area contributed by atoms with Gasteiger partial charge in [0.1, 0.15) is 11.3 Å². The van der Waals surface area contributed by atoms with Gasteiger partial charge in [-0.2, -0.15) is 0 Å². The van der Waals surface area contributed by atoms with Crippen molar-refractivity contribution in [2.45, 2.75) is 32.2 Å². The van der Waals surface area contributed by atoms with Crippen molar-refractivity contribution >= 4 is 11.0 Å². The Morgan fingerprint density at radius 1 is 1.11 bits per heavy atom. The SMILES string of the molecule is Oc1cccc2occ(CN3CCCCCC3)c12. The fourth-order valence-corrected chi connectivity index (χ4v) is 2.79. The Kier molecular flexibility index (Phi) is 3.24. The third-order valence-electron chi connectivity index (χ3n) is 3.75. The second kappa shape index (κ2) is 5.02. The summed E-state index contributed by atoms with van der Waals surface area (Å²) in [5, 5.41) is 10.8. The van der Waals surface area contributed by atoms with E-state index in [1.807, 2.05) is 12.1 Å². The van der Waals surface area contributed by atoms with E-state index in [0.29, 0.717) is 5.75 Å². The lowest BCUT2D eigenvalue weighted by molar-refractivity contribution is 0.277. The molecule has 0 atom stereocenters. The molecule has 3 nitrogen and oxygen atoms in total. The molecule has 0 bridgehead atoms. The molecule has 1 aliphatic rings. The molecule has 0 spiro atoms. The van der Waals surface area contributed by atoms with Crippen LogP contribution in [0.2, 0.25) is 0 Å². The van der Waals surface area contributed by atoms with Crippen LogP contribution in [0.4, 0.5) is 0 Å². The number of likely N-dealkylation sites (tertiary alicyclic amines) is 1. The highest BCUT2D eigenvalue weighted by molar-refractivity contribution is 5.87. The van der Waals surface area contributed by atoms with Gasteiger partial charge in [-0.1, -0.05) is 18.9 Å². The van der Waals surface area contributed by atoms with Crippen LogP contribution in [0.15, 0.2) is 28.9 Å². The van der Waals surface area contributed by atoms with Gasteiger partial charge in [0.05, 0.1) is 11.6 Å². The minimum Gasteiger partial charge on any atom is -0.507 e. The first-order valence-electron chi connectivity index (χ1n) is 6.75. The predicted molar refractivity (Wildman–Crippen MR) is 71.6 cm³/mol. The van der Waals surface area contributed by atoms with Crippen LogP contribution in [-0.4, -0.2) is 23.1 Å². The molecule has 0 aliphatic carbocycles. The van der Waals surface area contributed by atoms with E-state index in [4.69, 9.17) is 4.42 Å². The molecule has 1 saturated heterocycles. The summed E-state index contributed by atoms with van der Waals surface area (Å²) in [4.78, 5) is 2.46. The molecule has 2 aromatic rings. The van der Waals surface area contributed by atoms with Crippen LogP contribution in [0, 0.1) is 0 Å². The maximum absolute atomic E-state index is 9.95. The lowest BCUT2D eigenvalue weighted by Crippen LogP contribution is -2.23. The summed E-state index contributed by atoms with van der Waals surface area (Å²) in [5.41, 5.74) is 1.88. The van der Waals surface area contributed by atoms with Crippen molar-refractivity contribution in [1.82, 2.24) is 4.90 Å². The molecule has 1 fully saturated rings. The third-order valence-corrected chi connectivity index (χ3v) is 3.75. The Bertz CT molecular complexity index is 524. The highest BCUT2D eigenvalue weighted by Gasteiger charge is 2.14. The maximum Gasteiger partial charge on any atom is 0.137 e. The average molecular weight is 245 g/mol. The van der Waals surface area contributed by atoms with E-state index < -0.39 is 0 Å². The molecule has 18 heavy (non-hydrogen) atoms. The first-order valence-corrected chi connectivity index (χ1v) is 6.75. The Morgan fingerprint density at radius 3 is 2.67 bits per heavy atom. The standard InChI is InChI=1S/C15H19NO2/c17-13-6-5-7-14-15(13)12(11-18-14)10-16-8-3-1-2-4-9-16/h5-7,11,17H,1-4,8-10H2. The molecule has 0 amide bonds. The highest BCUT2D eigenvalue weighted by Crippen LogP contribution is 2.30. The zero-order valence-corrected chi connectivity index (χ0v) is 10.6. The van der Waals surface area contributed by atoms with Crippen molar-refractivity contribution in [2.75, 3.05) is 13.1 Å². The zero-order chi connectivity index (χ0) is 12.4. The fraction of sp³-hybridized carbons (Fsp3) is 0.467. The van der Waals surface area contributed by atoms with Gasteiger partial charge in [0, 0.05) is 12.1 Å². The Morgan fingerprint density at radius 2 is 1.89 bits per heavy atom. The van der Waals surface area contributed by atoms with Crippen LogP contribution >= 0.6 is 0 Å². The van der Waals surface area contributed by atoms with E-state index >= 15 is 0 Å². The molecule has 1 aliphatic heterocycles. The van der Waals surface area contributed by atoms with Crippen molar-refractivity contribution in [1.29, 1.82) is 0 Å². The topological polar surface area (TPSA) is 36.6 Å². The van der Waals surface area contributed by atoms with Gasteiger partial charge in [0.25, 0.3) is 0 Å². The van der Waals surface area contributed by atoms with Gasteiger partial charge in [-0.05, 0) is 38.1 Å². The molecular weight excluding hydrogens is 226 g/mol. The highest BCUT2D eigenvalue weighted by atomic mass is 16.3. The predicted octanol–water partition coefficient (Wildman–Crippen LogP) is 3.51. The van der Waals surface area contributed by atoms with Crippen molar-refractivity contribution in [3.05, 3.63) is 30.0 Å². The van der Waals surface area contributed by atoms with E-state index in [2.05, 4.69) is 4.90 Å². The second-order valence-electron chi connectivity index (χ2n) is 5.10. The van der Waals surface area contributed by atoms with Crippen LogP contribution in [0.25, 0.3) is 11.0 Å². The van der Waals surface area contributed by atoms with Crippen molar-refractivity contribution in [3.63, 3.8) is 0 Å². The molecule has 1 N–H and O–H groups in total. The number of hydrogen-bond donors (Lipinski definition) is 1. The van der Waals surface area contributed by atoms with Crippen LogP contribution in [-0.2, 0) is 6.54 Å². The van der Waals surface area contributed by atoms with Crippen molar-refractivity contribution in [3.8, 4) is 5.75 Å². The summed E-state index contributed by atoms with van der Waals surface area (Å²) in [6.07, 6.45) is 7.03. The number of furan rings is 1. The number of nitrogens with zero attached hydrogens (tertiary/aromatic N) is 1. The van der Waals surface area contributed by atoms with Gasteiger partial charge < -0.3 is 9.52 Å². The lowest BCUT2D eigenvalue weighted by atomic mass is 10.1. The molecule has 0 saturated carbocycles. The van der Waals surface area contributed by atoms with Gasteiger partial charge in [0.15, 0.2) is 0 Å². The number of hydrogen-bond acceptors (Lipinski definition) is 3. The van der Waals surface area contributed by atoms with Gasteiger partial charge in [-0.25, -0.2) is 0 Å². The second-order valence-corrected chi connectivity index (χ2v) is 5.10. The average Bonchev–Trinajstić information content (AvgIpc) is 2.60. The maximum atomic E-state index is 9.95. The summed E-state index contributed by atoms with van der Waals surface area (Å²) in [6.45, 7) is 3.19. The molecule has 0 unspecified atom stereocenters. The summed E-state index contributed by atoms with van der Waals surface area (Å²) >= 11 is 0. The normalized spacial score (nSPS) is 18.0. The molecule has 2 heterocycles. The Labute approximate surface area is 107 Å². The van der Waals surface area contributed by atoms with E-state index in [1.54, 1.807) is 12.3 Å². The van der Waals surface area contributed by atoms with Crippen LogP contribution in [0.3, 0.4) is 0 Å². The molecule has 1 aromatic heterocycles. The number of phenolic OH excluding ortho intramolecular Hbond substituents is 1. The van der Waals surface area contributed by atoms with Gasteiger partial charge in [0.2, 0.25) is 0 Å². The van der Waals surface area contributed by atoms with Crippen molar-refractivity contribution < 1.29 is 9.52 Å². The monoisotopic (exact) mass is 245 g/mol. The van der Waals surface area contributed by atoms with E-state index in [-0.39, 0.29) is 0 Å². The number of benzene rings is 1. The number of rotatable bonds is 2. The Balaban J connectivity index is 1.85. The summed E-state index contributed by atoms with van der Waals surface area (Å²) in [7, 11) is 0. The summed E-state index contributed by atoms with van der Waals surface area (Å²) in [5.74, 6) is 0.325. The first-order chi connectivity index (χ1) is 8.84. The molecular formula is C15H19NO2. The van der Waals surface area contributed by atoms with E-state index in [9.17, 15) is 5.11 Å². The smallest absolute Gasteiger partial charge is 0.137 e. The number of phenols is 1. The number of fused-ring (bicyclic) bond motifs is 1. The lowest BCUT2D eigenvalue weighted by Gasteiger charge is -2.18. The minimum absolute atomic E-state index is 0.325. The summed E-state index contributed by atoms with van der Waals surface area (Å²) < 4.78 is 5.52. The summed E-state index contributed by atoms with van der Waals surface area (Å²) in [6, 6.07) is 5.45. The first kappa shape index (κ1) is 11.6. The quantitative estimate of drug-likeness (QED) is 0.879. The van der Waals surface area contributed by atoms with Gasteiger partial charge >= 0.3 is 0 Å². The molecule has 0 radical (unpaired) electrons. The molecule has 96 valence electrons. The largest absolute Gasteiger partial charge is 0.507 e. The molecule has 3 heteroatoms. The van der Waals surface area contributed by atoms with Crippen LogP contribution in [0.1, 0.15) is 31.2 Å². The van der Waals surface area contributed by atoms with Crippen molar-refractivity contribution in [2.24, 2.45) is 0 Å². The molecule has 1 aromatic carbocycles. The van der Waals surface area contributed by atoms with Gasteiger partial charge in [-0.3, -0.25) is 4.90 Å². The van der Waals surface area contributed by atoms with Gasteiger partial charge in [-0.15, -0.1) is 0 Å². The fourth-order valence-electron chi connectivity index (χ4n) is 2.79.